The number of nitrogens with zero attached hydrogens (tertiary/aromatic N) is 4. The molecule has 0 amide bonds. The molecule has 488 valence electrons. The van der Waals surface area contributed by atoms with Gasteiger partial charge in [-0.05, 0) is 60.7 Å². The third-order valence-corrected chi connectivity index (χ3v) is 14.9. The number of carbonyl (C=O) groups is 6. The van der Waals surface area contributed by atoms with E-state index in [4.69, 9.17) is 18.9 Å². The Bertz CT molecular complexity index is 4550. The molecule has 30 heteroatoms. The first-order valence-corrected chi connectivity index (χ1v) is 32.0. The van der Waals surface area contributed by atoms with Crippen molar-refractivity contribution >= 4 is 72.4 Å². The summed E-state index contributed by atoms with van der Waals surface area (Å²) in [6, 6.07) is 44.3. The molecule has 0 radical (unpaired) electrons. The minimum atomic E-state index is -10.7. The van der Waals surface area contributed by atoms with Gasteiger partial charge in [0.2, 0.25) is 30.0 Å². The Morgan fingerprint density at radius 2 is 0.574 bits per heavy atom. The average molecular weight is 1350 g/mol. The summed E-state index contributed by atoms with van der Waals surface area (Å²) in [6.45, 7) is 2.09. The maximum Gasteiger partial charge on any atom is 0.244 e. The fourth-order valence-corrected chi connectivity index (χ4v) is 11.3. The number of phenols is 2. The summed E-state index contributed by atoms with van der Waals surface area (Å²) in [5.41, 5.74) is 5.30. The summed E-state index contributed by atoms with van der Waals surface area (Å²) < 4.78 is 152. The number of ether oxygens (including phenoxy) is 4. The van der Waals surface area contributed by atoms with E-state index in [0.717, 1.165) is 22.1 Å². The van der Waals surface area contributed by atoms with Gasteiger partial charge in [-0.15, -0.1) is 0 Å². The van der Waals surface area contributed by atoms with Gasteiger partial charge in [-0.25, -0.2) is 18.3 Å². The van der Waals surface area contributed by atoms with E-state index in [1.54, 1.807) is 72.8 Å². The fourth-order valence-electron chi connectivity index (χ4n) is 11.3. The number of para-hydroxylation sites is 4. The quantitative estimate of drug-likeness (QED) is 0.0528. The molecule has 2 N–H and O–H groups in total. The Kier molecular flexibility index (Phi) is 15.7. The monoisotopic (exact) mass is 1350 g/mol. The van der Waals surface area contributed by atoms with Crippen molar-refractivity contribution in [2.75, 3.05) is 26.4 Å². The van der Waals surface area contributed by atoms with Crippen LogP contribution in [0, 0.1) is 0 Å². The predicted molar refractivity (Wildman–Crippen MR) is 316 cm³/mol. The number of fused-ring (bicyclic) bond motifs is 8. The first kappa shape index (κ1) is 65.0. The van der Waals surface area contributed by atoms with E-state index < -0.39 is 33.0 Å². The van der Waals surface area contributed by atoms with Gasteiger partial charge in [-0.3, -0.25) is 28.8 Å². The second kappa shape index (κ2) is 22.7. The summed E-state index contributed by atoms with van der Waals surface area (Å²) >= 11 is 0. The van der Waals surface area contributed by atoms with Crippen molar-refractivity contribution in [1.82, 2.24) is 9.13 Å². The number of phenolic OH excluding ortho intramolecular Hbond substituents is 2. The Morgan fingerprint density at radius 1 is 0.319 bits per heavy atom. The Hall–Kier alpha value is -10.5. The van der Waals surface area contributed by atoms with E-state index in [1.807, 2.05) is 79.5 Å². The van der Waals surface area contributed by atoms with Gasteiger partial charge in [0.25, 0.3) is 0 Å². The predicted octanol–water partition coefficient (Wildman–Crippen LogP) is 15.0. The van der Waals surface area contributed by atoms with Crippen LogP contribution in [0.1, 0.15) is 95.5 Å². The SMILES string of the molecule is F[P-](F)(F)(F)(F)F.F[P-](F)(F)(F)(F)F.O=C1c2cccc(O)c2C(=O)c2c(OCCn3c[n+](CCOc4cccc5c4C(=O)c4c(OCCn6c[n+](CCOc7cccc8c7C(=O)c7c(O)cccc7C8=O)c7ccccc76)cccc4C5=O)c4ccccc43)cccc21. The molecule has 0 fully saturated rings. The maximum atomic E-state index is 14.6. The number of hydrogen-bond donors (Lipinski definition) is 2. The van der Waals surface area contributed by atoms with E-state index >= 15 is 0 Å². The molecule has 8 aromatic carbocycles. The summed E-state index contributed by atoms with van der Waals surface area (Å²) in [4.78, 5) is 82.8. The van der Waals surface area contributed by atoms with E-state index in [1.165, 1.54) is 36.4 Å². The van der Waals surface area contributed by atoms with Crippen molar-refractivity contribution in [2.45, 2.75) is 26.2 Å². The first-order valence-electron chi connectivity index (χ1n) is 28.0. The molecule has 16 nitrogen and oxygen atoms in total. The second-order valence-electron chi connectivity index (χ2n) is 21.4. The molecule has 0 aliphatic heterocycles. The van der Waals surface area contributed by atoms with Gasteiger partial charge < -0.3 is 29.2 Å². The molecule has 3 aliphatic rings. The number of carbonyl (C=O) groups excluding carboxylic acids is 6. The summed E-state index contributed by atoms with van der Waals surface area (Å²) in [5, 5.41) is 21.0. The zero-order chi connectivity index (χ0) is 67.6. The molecule has 94 heavy (non-hydrogen) atoms. The van der Waals surface area contributed by atoms with Crippen LogP contribution >= 0.6 is 15.6 Å². The van der Waals surface area contributed by atoms with Crippen LogP contribution in [0.5, 0.6) is 34.5 Å². The summed E-state index contributed by atoms with van der Waals surface area (Å²) in [7, 11) is -21.3. The van der Waals surface area contributed by atoms with Gasteiger partial charge in [0.15, 0.2) is 39.4 Å². The number of hydrogen-bond acceptors (Lipinski definition) is 12. The second-order valence-corrected chi connectivity index (χ2v) is 25.2. The standard InChI is InChI=1S/C64H44N4O12.2F6P/c69-47-21-5-11-37-53(47)62(74)55-39(59(37)71)13-7-23-49(55)77-31-27-65-35-67(45-19-3-1-17-43(45)65)29-33-79-51-25-9-15-41-57(51)64(76)58-42(61(41)73)16-10-26-52(58)80-34-30-68-36-66(44-18-2-4-20-46(44)68)28-32-78-50-24-8-14-40-56(50)63(75)54-38(60(40)72)12-6-22-48(54)70;2*1-7(2,3,4,5)6/h1-26,35-36H,27-34H2;;/q;2*-1/p+2. The Balaban J connectivity index is 0.000000581. The van der Waals surface area contributed by atoms with E-state index in [0.29, 0.717) is 26.2 Å². The normalized spacial score (nSPS) is 14.6. The third-order valence-electron chi connectivity index (χ3n) is 14.9. The molecule has 2 heterocycles. The number of imidazole rings is 2. The van der Waals surface area contributed by atoms with Gasteiger partial charge >= 0.3 is 66.0 Å². The van der Waals surface area contributed by atoms with Crippen LogP contribution in [0.2, 0.25) is 0 Å². The van der Waals surface area contributed by atoms with Crippen LogP contribution in [0.3, 0.4) is 0 Å². The third kappa shape index (κ3) is 14.4. The van der Waals surface area contributed by atoms with Crippen LogP contribution in [0.15, 0.2) is 170 Å². The molecule has 0 saturated heterocycles. The number of benzene rings is 8. The Labute approximate surface area is 521 Å². The molecule has 0 bridgehead atoms. The van der Waals surface area contributed by atoms with E-state index in [-0.39, 0.29) is 145 Å². The van der Waals surface area contributed by atoms with Crippen LogP contribution in [0.25, 0.3) is 22.1 Å². The minimum absolute atomic E-state index is 0.0376. The molecule has 10 aromatic rings. The number of rotatable bonds is 16. The summed E-state index contributed by atoms with van der Waals surface area (Å²) in [5.74, 6) is -1.92. The van der Waals surface area contributed by atoms with E-state index in [9.17, 15) is 89.3 Å². The van der Waals surface area contributed by atoms with Crippen LogP contribution < -0.4 is 28.1 Å². The zero-order valence-electron chi connectivity index (χ0n) is 48.0. The van der Waals surface area contributed by atoms with Gasteiger partial charge in [0, 0.05) is 33.4 Å². The van der Waals surface area contributed by atoms with Crippen molar-refractivity contribution in [3.05, 3.63) is 237 Å². The van der Waals surface area contributed by atoms with E-state index in [2.05, 4.69) is 0 Å². The number of aromatic nitrogens is 4. The van der Waals surface area contributed by atoms with Gasteiger partial charge in [-0.2, -0.15) is 0 Å². The topological polar surface area (TPSA) is 197 Å². The number of halogens is 12. The van der Waals surface area contributed by atoms with Gasteiger partial charge in [0.05, 0.1) is 33.4 Å². The minimum Gasteiger partial charge on any atom is -0.507 e. The molecule has 3 aliphatic carbocycles. The molecular formula is C64H46F12N4O12P2. The molecule has 0 spiro atoms. The van der Waals surface area contributed by atoms with Crippen molar-refractivity contribution < 1.29 is 117 Å². The fraction of sp³-hybridized carbons (Fsp3) is 0.125. The molecule has 0 atom stereocenters. The largest absolute Gasteiger partial charge is 0.507 e. The van der Waals surface area contributed by atoms with Crippen molar-refractivity contribution in [3.63, 3.8) is 0 Å². The van der Waals surface area contributed by atoms with Crippen LogP contribution in [0.4, 0.5) is 50.4 Å². The average Bonchev–Trinajstić information content (AvgIpc) is 1.09. The number of ketones is 6. The molecule has 2 aromatic heterocycles. The molecule has 0 unspecified atom stereocenters. The van der Waals surface area contributed by atoms with Gasteiger partial charge in [0.1, 0.15) is 87.1 Å². The Morgan fingerprint density at radius 3 is 0.883 bits per heavy atom. The first-order chi connectivity index (χ1) is 43.9. The molecule has 0 saturated carbocycles. The van der Waals surface area contributed by atoms with Crippen LogP contribution in [-0.2, 0) is 26.2 Å². The smallest absolute Gasteiger partial charge is 0.244 e. The molecular weight excluding hydrogens is 1310 g/mol. The van der Waals surface area contributed by atoms with Gasteiger partial charge in [-0.1, -0.05) is 97.1 Å². The molecule has 13 rings (SSSR count). The van der Waals surface area contributed by atoms with Crippen molar-refractivity contribution in [3.8, 4) is 34.5 Å². The van der Waals surface area contributed by atoms with Crippen molar-refractivity contribution in [1.29, 1.82) is 0 Å². The zero-order valence-corrected chi connectivity index (χ0v) is 49.8. The van der Waals surface area contributed by atoms with Crippen molar-refractivity contribution in [2.24, 2.45) is 0 Å². The number of aromatic hydroxyl groups is 2. The van der Waals surface area contributed by atoms with Crippen LogP contribution in [-0.4, -0.2) is 80.5 Å². The maximum absolute atomic E-state index is 14.6. The summed E-state index contributed by atoms with van der Waals surface area (Å²) in [6.07, 6.45) is 3.86.